The second-order valence-corrected chi connectivity index (χ2v) is 5.36. The first-order valence-corrected chi connectivity index (χ1v) is 6.83. The zero-order valence-corrected chi connectivity index (χ0v) is 12.6. The van der Waals surface area contributed by atoms with Crippen molar-refractivity contribution in [3.63, 3.8) is 0 Å². The van der Waals surface area contributed by atoms with Gasteiger partial charge in [-0.15, -0.1) is 0 Å². The molecule has 0 aliphatic heterocycles. The van der Waals surface area contributed by atoms with Gasteiger partial charge in [0.05, 0.1) is 32.1 Å². The maximum Gasteiger partial charge on any atom is 0.182 e. The lowest BCUT2D eigenvalue weighted by Gasteiger charge is -2.12. The molecule has 3 rings (SSSR count). The third kappa shape index (κ3) is 2.27. The summed E-state index contributed by atoms with van der Waals surface area (Å²) in [7, 11) is 0. The van der Waals surface area contributed by atoms with Crippen molar-refractivity contribution in [2.75, 3.05) is 5.32 Å². The lowest BCUT2D eigenvalue weighted by atomic mass is 10.3. The molecule has 5 nitrogen and oxygen atoms in total. The molecule has 0 amide bonds. The first-order valence-electron chi connectivity index (χ1n) is 5.32. The summed E-state index contributed by atoms with van der Waals surface area (Å²) >= 11 is 24.3. The minimum absolute atomic E-state index is 0.257. The van der Waals surface area contributed by atoms with Crippen LogP contribution in [-0.4, -0.2) is 19.9 Å². The second-order valence-electron chi connectivity index (χ2n) is 3.79. The van der Waals surface area contributed by atoms with E-state index in [1.807, 2.05) is 0 Å². The number of rotatable bonds is 2. The maximum atomic E-state index is 6.14. The number of fused-ring (bicyclic) bond motifs is 1. The quantitative estimate of drug-likeness (QED) is 0.658. The molecule has 0 fully saturated rings. The Morgan fingerprint density at radius 3 is 2.35 bits per heavy atom. The molecule has 0 radical (unpaired) electrons. The van der Waals surface area contributed by atoms with Crippen molar-refractivity contribution in [3.05, 3.63) is 38.8 Å². The van der Waals surface area contributed by atoms with Gasteiger partial charge in [0.2, 0.25) is 0 Å². The van der Waals surface area contributed by atoms with Gasteiger partial charge in [0.15, 0.2) is 11.5 Å². The molecule has 0 saturated carbocycles. The highest BCUT2D eigenvalue weighted by Gasteiger charge is 2.16. The summed E-state index contributed by atoms with van der Waals surface area (Å²) in [5.41, 5.74) is 1.51. The first-order chi connectivity index (χ1) is 9.58. The Balaban J connectivity index is 2.14. The molecule has 0 unspecified atom stereocenters. The standard InChI is InChI=1S/C11H5Cl4N5/c12-4-1-5(13)7(15)8(6(4)14)20-11-9-10(17-2-16-9)18-3-19-11/h1-3H,(H2,16,17,18,19,20). The fraction of sp³-hybridized carbons (Fsp3) is 0. The third-order valence-corrected chi connectivity index (χ3v) is 4.15. The summed E-state index contributed by atoms with van der Waals surface area (Å²) in [5, 5.41) is 4.09. The topological polar surface area (TPSA) is 66.5 Å². The van der Waals surface area contributed by atoms with Crippen molar-refractivity contribution in [2.45, 2.75) is 0 Å². The number of H-pyrrole nitrogens is 1. The zero-order chi connectivity index (χ0) is 14.3. The number of aromatic amines is 1. The Bertz CT molecular complexity index is 775. The van der Waals surface area contributed by atoms with E-state index in [0.717, 1.165) is 0 Å². The molecule has 0 aliphatic rings. The average molecular weight is 349 g/mol. The van der Waals surface area contributed by atoms with Gasteiger partial charge in [0.1, 0.15) is 11.8 Å². The molecule has 3 aromatic rings. The number of halogens is 4. The number of anilines is 2. The van der Waals surface area contributed by atoms with Gasteiger partial charge in [-0.1, -0.05) is 46.4 Å². The van der Waals surface area contributed by atoms with E-state index < -0.39 is 0 Å². The first kappa shape index (κ1) is 13.7. The van der Waals surface area contributed by atoms with Crippen LogP contribution in [0.4, 0.5) is 11.5 Å². The van der Waals surface area contributed by atoms with Crippen LogP contribution in [0.3, 0.4) is 0 Å². The number of nitrogens with one attached hydrogen (secondary N) is 2. The van der Waals surface area contributed by atoms with Crippen LogP contribution in [-0.2, 0) is 0 Å². The maximum absolute atomic E-state index is 6.14. The molecule has 9 heteroatoms. The molecule has 102 valence electrons. The fourth-order valence-electron chi connectivity index (χ4n) is 1.66. The van der Waals surface area contributed by atoms with Crippen LogP contribution >= 0.6 is 46.4 Å². The minimum Gasteiger partial charge on any atom is -0.340 e. The second kappa shape index (κ2) is 5.26. The molecule has 2 N–H and O–H groups in total. The van der Waals surface area contributed by atoms with E-state index in [1.54, 1.807) is 0 Å². The van der Waals surface area contributed by atoms with Crippen LogP contribution in [0.25, 0.3) is 11.2 Å². The van der Waals surface area contributed by atoms with Crippen LogP contribution < -0.4 is 5.32 Å². The Morgan fingerprint density at radius 2 is 1.65 bits per heavy atom. The molecule has 0 spiro atoms. The third-order valence-electron chi connectivity index (χ3n) is 2.58. The van der Waals surface area contributed by atoms with Gasteiger partial charge >= 0.3 is 0 Å². The Morgan fingerprint density at radius 1 is 0.950 bits per heavy atom. The number of nitrogens with zero attached hydrogens (tertiary/aromatic N) is 3. The highest BCUT2D eigenvalue weighted by molar-refractivity contribution is 6.50. The average Bonchev–Trinajstić information content (AvgIpc) is 2.90. The van der Waals surface area contributed by atoms with Gasteiger partial charge < -0.3 is 10.3 Å². The van der Waals surface area contributed by atoms with Crippen molar-refractivity contribution < 1.29 is 0 Å². The van der Waals surface area contributed by atoms with Gasteiger partial charge in [0.25, 0.3) is 0 Å². The number of aromatic nitrogens is 4. The summed E-state index contributed by atoms with van der Waals surface area (Å²) in [6.45, 7) is 0. The molecule has 0 bridgehead atoms. The van der Waals surface area contributed by atoms with Gasteiger partial charge in [-0.3, -0.25) is 0 Å². The number of hydrogen-bond acceptors (Lipinski definition) is 4. The van der Waals surface area contributed by atoms with E-state index >= 15 is 0 Å². The summed E-state index contributed by atoms with van der Waals surface area (Å²) in [5.74, 6) is 0.467. The van der Waals surface area contributed by atoms with Crippen molar-refractivity contribution in [1.82, 2.24) is 19.9 Å². The summed E-state index contributed by atoms with van der Waals surface area (Å²) < 4.78 is 0. The highest BCUT2D eigenvalue weighted by atomic mass is 35.5. The van der Waals surface area contributed by atoms with Crippen LogP contribution in [0, 0.1) is 0 Å². The lowest BCUT2D eigenvalue weighted by molar-refractivity contribution is 1.20. The van der Waals surface area contributed by atoms with Gasteiger partial charge in [0, 0.05) is 0 Å². The van der Waals surface area contributed by atoms with Gasteiger partial charge in [-0.05, 0) is 6.07 Å². The van der Waals surface area contributed by atoms with E-state index in [2.05, 4.69) is 25.3 Å². The fourth-order valence-corrected chi connectivity index (χ4v) is 2.57. The van der Waals surface area contributed by atoms with Crippen molar-refractivity contribution in [2.24, 2.45) is 0 Å². The van der Waals surface area contributed by atoms with Crippen LogP contribution in [0.1, 0.15) is 0 Å². The molecule has 0 aliphatic carbocycles. The molecule has 20 heavy (non-hydrogen) atoms. The Kier molecular flexibility index (Phi) is 3.60. The normalized spacial score (nSPS) is 11.0. The summed E-state index contributed by atoms with van der Waals surface area (Å²) in [6, 6.07) is 1.48. The SMILES string of the molecule is Clc1cc(Cl)c(Cl)c(Nc2ncnc3nc[nH]c23)c1Cl. The Labute approximate surface area is 133 Å². The number of hydrogen-bond donors (Lipinski definition) is 2. The van der Waals surface area contributed by atoms with Crippen LogP contribution in [0.5, 0.6) is 0 Å². The molecule has 2 heterocycles. The van der Waals surface area contributed by atoms with Gasteiger partial charge in [-0.25, -0.2) is 15.0 Å². The van der Waals surface area contributed by atoms with Gasteiger partial charge in [-0.2, -0.15) is 0 Å². The zero-order valence-electron chi connectivity index (χ0n) is 9.59. The van der Waals surface area contributed by atoms with Crippen LogP contribution in [0.2, 0.25) is 20.1 Å². The lowest BCUT2D eigenvalue weighted by Crippen LogP contribution is -1.98. The van der Waals surface area contributed by atoms with E-state index in [-0.39, 0.29) is 10.0 Å². The molecule has 0 atom stereocenters. The highest BCUT2D eigenvalue weighted by Crippen LogP contribution is 2.42. The number of imidazole rings is 1. The summed E-state index contributed by atoms with van der Waals surface area (Å²) in [4.78, 5) is 15.1. The molecule has 1 aromatic carbocycles. The number of benzene rings is 1. The predicted molar refractivity (Wildman–Crippen MR) is 81.4 cm³/mol. The van der Waals surface area contributed by atoms with E-state index in [9.17, 15) is 0 Å². The van der Waals surface area contributed by atoms with Crippen LogP contribution in [0.15, 0.2) is 18.7 Å². The van der Waals surface area contributed by atoms with E-state index in [4.69, 9.17) is 46.4 Å². The monoisotopic (exact) mass is 347 g/mol. The minimum atomic E-state index is 0.257. The van der Waals surface area contributed by atoms with Crippen molar-refractivity contribution in [3.8, 4) is 0 Å². The molecule has 0 saturated heterocycles. The molecule has 2 aromatic heterocycles. The Hall–Kier alpha value is -1.27. The summed E-state index contributed by atoms with van der Waals surface area (Å²) in [6.07, 6.45) is 2.89. The van der Waals surface area contributed by atoms with Crippen molar-refractivity contribution >= 4 is 69.1 Å². The van der Waals surface area contributed by atoms with E-state index in [1.165, 1.54) is 18.7 Å². The molecular weight excluding hydrogens is 344 g/mol. The largest absolute Gasteiger partial charge is 0.340 e. The smallest absolute Gasteiger partial charge is 0.182 e. The van der Waals surface area contributed by atoms with Crippen molar-refractivity contribution in [1.29, 1.82) is 0 Å². The van der Waals surface area contributed by atoms with E-state index in [0.29, 0.717) is 32.7 Å². The molecular formula is C11H5Cl4N5. The predicted octanol–water partition coefficient (Wildman–Crippen LogP) is 4.71.